The fraction of sp³-hybridized carbons (Fsp3) is 0.207. The molecule has 2 heterocycles. The van der Waals surface area contributed by atoms with Gasteiger partial charge < -0.3 is 14.6 Å². The molecule has 1 aromatic heterocycles. The molecular formula is C29H28N4O3. The minimum atomic E-state index is -0.456. The van der Waals surface area contributed by atoms with Crippen LogP contribution in [0.5, 0.6) is 5.75 Å². The Morgan fingerprint density at radius 1 is 1.00 bits per heavy atom. The normalized spacial score (nSPS) is 15.7. The van der Waals surface area contributed by atoms with E-state index in [2.05, 4.69) is 22.6 Å². The zero-order valence-corrected chi connectivity index (χ0v) is 20.3. The number of methoxy groups -OCH3 is 1. The maximum atomic E-state index is 13.3. The molecule has 0 bridgehead atoms. The third-order valence-corrected chi connectivity index (χ3v) is 6.40. The number of aromatic nitrogens is 2. The molecule has 0 aliphatic carbocycles. The fourth-order valence-electron chi connectivity index (χ4n) is 4.52. The number of carbonyl (C=O) groups excluding carboxylic acids is 1. The molecule has 1 aliphatic rings. The summed E-state index contributed by atoms with van der Waals surface area (Å²) >= 11 is 0. The summed E-state index contributed by atoms with van der Waals surface area (Å²) in [5.74, 6) is 1.59. The monoisotopic (exact) mass is 480 g/mol. The van der Waals surface area contributed by atoms with E-state index in [-0.39, 0.29) is 6.03 Å². The summed E-state index contributed by atoms with van der Waals surface area (Å²) < 4.78 is 11.2. The Hall–Kier alpha value is -4.39. The van der Waals surface area contributed by atoms with E-state index in [1.165, 1.54) is 5.56 Å². The lowest BCUT2D eigenvalue weighted by Gasteiger charge is -2.35. The van der Waals surface area contributed by atoms with Gasteiger partial charge in [-0.25, -0.2) is 4.79 Å². The number of carbonyl (C=O) groups is 1. The second-order valence-electron chi connectivity index (χ2n) is 8.69. The van der Waals surface area contributed by atoms with Crippen molar-refractivity contribution in [1.29, 1.82) is 0 Å². The highest BCUT2D eigenvalue weighted by Crippen LogP contribution is 2.38. The zero-order valence-electron chi connectivity index (χ0n) is 20.3. The quantitative estimate of drug-likeness (QED) is 0.341. The van der Waals surface area contributed by atoms with E-state index in [0.717, 1.165) is 35.2 Å². The predicted octanol–water partition coefficient (Wildman–Crippen LogP) is 5.88. The van der Waals surface area contributed by atoms with Crippen LogP contribution in [0.3, 0.4) is 0 Å². The molecule has 1 atom stereocenters. The summed E-state index contributed by atoms with van der Waals surface area (Å²) in [5.41, 5.74) is 4.55. The number of amides is 2. The van der Waals surface area contributed by atoms with E-state index in [4.69, 9.17) is 14.2 Å². The molecule has 0 radical (unpaired) electrons. The van der Waals surface area contributed by atoms with Crippen LogP contribution < -0.4 is 10.1 Å². The molecule has 0 spiro atoms. The third kappa shape index (κ3) is 4.86. The lowest BCUT2D eigenvalue weighted by Crippen LogP contribution is -2.46. The van der Waals surface area contributed by atoms with Gasteiger partial charge in [-0.15, -0.1) is 0 Å². The number of allylic oxidation sites excluding steroid dienone is 1. The van der Waals surface area contributed by atoms with Gasteiger partial charge in [-0.1, -0.05) is 78.0 Å². The van der Waals surface area contributed by atoms with Gasteiger partial charge in [0.2, 0.25) is 5.82 Å². The Labute approximate surface area is 210 Å². The summed E-state index contributed by atoms with van der Waals surface area (Å²) in [6.45, 7) is 2.51. The molecule has 7 nitrogen and oxygen atoms in total. The Morgan fingerprint density at radius 3 is 2.50 bits per heavy atom. The van der Waals surface area contributed by atoms with Crippen molar-refractivity contribution in [2.45, 2.75) is 25.8 Å². The Balaban J connectivity index is 1.50. The van der Waals surface area contributed by atoms with Gasteiger partial charge >= 0.3 is 6.03 Å². The van der Waals surface area contributed by atoms with E-state index >= 15 is 0 Å². The molecule has 7 heteroatoms. The number of ether oxygens (including phenoxy) is 1. The molecule has 5 rings (SSSR count). The number of rotatable bonds is 8. The van der Waals surface area contributed by atoms with Crippen LogP contribution in [0.25, 0.3) is 17.0 Å². The Bertz CT molecular complexity index is 1370. The number of hydrogen-bond donors (Lipinski definition) is 1. The van der Waals surface area contributed by atoms with Crippen molar-refractivity contribution >= 4 is 11.6 Å². The molecule has 1 aliphatic heterocycles. The zero-order chi connectivity index (χ0) is 24.9. The van der Waals surface area contributed by atoms with Crippen LogP contribution in [-0.4, -0.2) is 34.7 Å². The van der Waals surface area contributed by atoms with Gasteiger partial charge in [0, 0.05) is 17.8 Å². The fourth-order valence-corrected chi connectivity index (χ4v) is 4.52. The van der Waals surface area contributed by atoms with E-state index in [0.29, 0.717) is 24.0 Å². The van der Waals surface area contributed by atoms with E-state index in [1.807, 2.05) is 79.7 Å². The molecule has 0 saturated carbocycles. The van der Waals surface area contributed by atoms with Crippen molar-refractivity contribution in [3.63, 3.8) is 0 Å². The van der Waals surface area contributed by atoms with Gasteiger partial charge in [-0.2, -0.15) is 4.98 Å². The van der Waals surface area contributed by atoms with Crippen LogP contribution in [0.15, 0.2) is 95.1 Å². The first-order valence-corrected chi connectivity index (χ1v) is 12.0. The van der Waals surface area contributed by atoms with Crippen molar-refractivity contribution in [2.24, 2.45) is 0 Å². The summed E-state index contributed by atoms with van der Waals surface area (Å²) in [7, 11) is 1.62. The summed E-state index contributed by atoms with van der Waals surface area (Å²) in [5, 5.41) is 7.38. The SMILES string of the molecule is COc1cccc(C2NC(=O)N(CCCc3ccccc3)C(C)=C2c2nc(-c3ccccc3)no2)c1. The molecule has 1 unspecified atom stereocenters. The van der Waals surface area contributed by atoms with Crippen molar-refractivity contribution in [3.8, 4) is 17.1 Å². The second kappa shape index (κ2) is 10.5. The van der Waals surface area contributed by atoms with E-state index < -0.39 is 6.04 Å². The molecule has 1 N–H and O–H groups in total. The molecule has 3 aromatic carbocycles. The van der Waals surface area contributed by atoms with Crippen LogP contribution in [0.4, 0.5) is 4.79 Å². The molecular weight excluding hydrogens is 452 g/mol. The number of nitrogens with zero attached hydrogens (tertiary/aromatic N) is 3. The summed E-state index contributed by atoms with van der Waals surface area (Å²) in [6, 6.07) is 27.0. The summed E-state index contributed by atoms with van der Waals surface area (Å²) in [6.07, 6.45) is 1.70. The average Bonchev–Trinajstić information content (AvgIpc) is 3.41. The number of aryl methyl sites for hydroxylation is 1. The second-order valence-corrected chi connectivity index (χ2v) is 8.69. The highest BCUT2D eigenvalue weighted by Gasteiger charge is 2.35. The van der Waals surface area contributed by atoms with Crippen molar-refractivity contribution in [1.82, 2.24) is 20.4 Å². The van der Waals surface area contributed by atoms with Crippen LogP contribution in [0.2, 0.25) is 0 Å². The standard InChI is InChI=1S/C29H28N4O3/c1-20-25(28-31-27(32-36-28)22-14-7-4-8-15-22)26(23-16-9-17-24(19-23)35-2)30-29(34)33(20)18-10-13-21-11-5-3-6-12-21/h3-9,11-12,14-17,19,26H,10,13,18H2,1-2H3,(H,30,34). The van der Waals surface area contributed by atoms with Gasteiger partial charge in [0.1, 0.15) is 5.75 Å². The largest absolute Gasteiger partial charge is 0.497 e. The highest BCUT2D eigenvalue weighted by molar-refractivity contribution is 5.87. The lowest BCUT2D eigenvalue weighted by atomic mass is 9.94. The van der Waals surface area contributed by atoms with Gasteiger partial charge in [0.15, 0.2) is 0 Å². The van der Waals surface area contributed by atoms with Crippen molar-refractivity contribution in [2.75, 3.05) is 13.7 Å². The Morgan fingerprint density at radius 2 is 1.75 bits per heavy atom. The van der Waals surface area contributed by atoms with Gasteiger partial charge in [-0.3, -0.25) is 4.90 Å². The van der Waals surface area contributed by atoms with Crippen LogP contribution >= 0.6 is 0 Å². The number of benzene rings is 3. The smallest absolute Gasteiger partial charge is 0.322 e. The number of nitrogens with one attached hydrogen (secondary N) is 1. The molecule has 0 saturated heterocycles. The van der Waals surface area contributed by atoms with Crippen LogP contribution in [0.1, 0.15) is 36.4 Å². The minimum absolute atomic E-state index is 0.153. The third-order valence-electron chi connectivity index (χ3n) is 6.40. The molecule has 36 heavy (non-hydrogen) atoms. The molecule has 0 fully saturated rings. The van der Waals surface area contributed by atoms with Gasteiger partial charge in [-0.05, 0) is 43.0 Å². The lowest BCUT2D eigenvalue weighted by molar-refractivity contribution is 0.204. The predicted molar refractivity (Wildman–Crippen MR) is 138 cm³/mol. The van der Waals surface area contributed by atoms with Gasteiger partial charge in [0.25, 0.3) is 5.89 Å². The van der Waals surface area contributed by atoms with E-state index in [9.17, 15) is 4.79 Å². The molecule has 4 aromatic rings. The summed E-state index contributed by atoms with van der Waals surface area (Å²) in [4.78, 5) is 19.8. The maximum absolute atomic E-state index is 13.3. The average molecular weight is 481 g/mol. The van der Waals surface area contributed by atoms with Crippen molar-refractivity contribution < 1.29 is 14.1 Å². The molecule has 182 valence electrons. The first-order valence-electron chi connectivity index (χ1n) is 12.0. The van der Waals surface area contributed by atoms with Crippen LogP contribution in [-0.2, 0) is 6.42 Å². The topological polar surface area (TPSA) is 80.5 Å². The van der Waals surface area contributed by atoms with E-state index in [1.54, 1.807) is 12.0 Å². The Kier molecular flexibility index (Phi) is 6.80. The number of hydrogen-bond acceptors (Lipinski definition) is 5. The maximum Gasteiger partial charge on any atom is 0.322 e. The van der Waals surface area contributed by atoms with Crippen LogP contribution in [0, 0.1) is 0 Å². The first kappa shape index (κ1) is 23.4. The highest BCUT2D eigenvalue weighted by atomic mass is 16.5. The van der Waals surface area contributed by atoms with Gasteiger partial charge in [0.05, 0.1) is 18.7 Å². The molecule has 2 amide bonds. The minimum Gasteiger partial charge on any atom is -0.497 e. The first-order chi connectivity index (χ1) is 17.6. The van der Waals surface area contributed by atoms with Crippen molar-refractivity contribution in [3.05, 3.63) is 108 Å². The number of urea groups is 1.